The maximum Gasteiger partial charge on any atom is 0.416 e. The second-order valence-electron chi connectivity index (χ2n) is 10.5. The van der Waals surface area contributed by atoms with Crippen molar-refractivity contribution in [2.45, 2.75) is 45.2 Å². The molecule has 1 atom stereocenters. The number of fused-ring (bicyclic) bond motifs is 1. The quantitative estimate of drug-likeness (QED) is 0.289. The maximum absolute atomic E-state index is 14.2. The van der Waals surface area contributed by atoms with Gasteiger partial charge < -0.3 is 10.6 Å². The van der Waals surface area contributed by atoms with E-state index in [0.717, 1.165) is 54.4 Å². The fraction of sp³-hybridized carbons (Fsp3) is 0.367. The summed E-state index contributed by atoms with van der Waals surface area (Å²) in [5.41, 5.74) is 2.90. The van der Waals surface area contributed by atoms with E-state index in [0.29, 0.717) is 5.56 Å². The van der Waals surface area contributed by atoms with Crippen molar-refractivity contribution >= 4 is 22.8 Å². The van der Waals surface area contributed by atoms with Crippen LogP contribution < -0.4 is 10.6 Å². The second-order valence-corrected chi connectivity index (χ2v) is 10.5. The molecule has 6 nitrogen and oxygen atoms in total. The molecule has 204 valence electrons. The Morgan fingerprint density at radius 3 is 2.51 bits per heavy atom. The summed E-state index contributed by atoms with van der Waals surface area (Å²) in [7, 11) is 0. The molecule has 9 heteroatoms. The molecule has 0 saturated carbocycles. The summed E-state index contributed by atoms with van der Waals surface area (Å²) < 4.78 is 44.5. The lowest BCUT2D eigenvalue weighted by atomic mass is 9.73. The number of nitrogens with zero attached hydrogens (tertiary/aromatic N) is 3. The Bertz CT molecular complexity index is 1440. The van der Waals surface area contributed by atoms with E-state index >= 15 is 0 Å². The third-order valence-corrected chi connectivity index (χ3v) is 7.50. The van der Waals surface area contributed by atoms with Crippen LogP contribution in [0.1, 0.15) is 49.3 Å². The lowest BCUT2D eigenvalue weighted by molar-refractivity contribution is -0.138. The van der Waals surface area contributed by atoms with Crippen LogP contribution in [-0.2, 0) is 17.4 Å². The smallest absolute Gasteiger partial charge is 0.326 e. The van der Waals surface area contributed by atoms with Crippen molar-refractivity contribution in [1.82, 2.24) is 19.9 Å². The zero-order valence-corrected chi connectivity index (χ0v) is 22.0. The van der Waals surface area contributed by atoms with Gasteiger partial charge in [-0.3, -0.25) is 9.36 Å². The predicted molar refractivity (Wildman–Crippen MR) is 146 cm³/mol. The van der Waals surface area contributed by atoms with Crippen LogP contribution >= 0.6 is 0 Å². The topological polar surface area (TPSA) is 71.8 Å². The highest BCUT2D eigenvalue weighted by molar-refractivity contribution is 5.92. The second kappa shape index (κ2) is 11.2. The van der Waals surface area contributed by atoms with Crippen LogP contribution in [0.2, 0.25) is 0 Å². The highest BCUT2D eigenvalue weighted by atomic mass is 19.4. The van der Waals surface area contributed by atoms with E-state index in [1.54, 1.807) is 24.7 Å². The van der Waals surface area contributed by atoms with Gasteiger partial charge in [-0.15, -0.1) is 0 Å². The molecular weight excluding hydrogens is 503 g/mol. The maximum atomic E-state index is 14.2. The number of hydrogen-bond donors (Lipinski definition) is 2. The minimum absolute atomic E-state index is 0.0377. The van der Waals surface area contributed by atoms with Crippen LogP contribution in [0.5, 0.6) is 0 Å². The predicted octanol–water partition coefficient (Wildman–Crippen LogP) is 6.36. The molecule has 2 aromatic heterocycles. The van der Waals surface area contributed by atoms with E-state index in [1.807, 2.05) is 54.8 Å². The number of aromatic nitrogens is 3. The van der Waals surface area contributed by atoms with Crippen molar-refractivity contribution in [2.75, 3.05) is 18.4 Å². The molecule has 2 N–H and O–H groups in total. The Kier molecular flexibility index (Phi) is 7.70. The minimum Gasteiger partial charge on any atom is -0.326 e. The zero-order chi connectivity index (χ0) is 27.6. The fourth-order valence-corrected chi connectivity index (χ4v) is 5.73. The first-order valence-corrected chi connectivity index (χ1v) is 13.3. The van der Waals surface area contributed by atoms with E-state index in [-0.39, 0.29) is 35.8 Å². The number of piperidine rings is 1. The molecule has 4 aromatic rings. The molecule has 39 heavy (non-hydrogen) atoms. The Morgan fingerprint density at radius 2 is 1.82 bits per heavy atom. The van der Waals surface area contributed by atoms with E-state index in [9.17, 15) is 18.0 Å². The van der Waals surface area contributed by atoms with Crippen LogP contribution in [0.25, 0.3) is 16.9 Å². The Balaban J connectivity index is 1.32. The number of amides is 1. The Hall–Kier alpha value is -3.72. The Labute approximate surface area is 225 Å². The number of alkyl halides is 3. The number of rotatable bonds is 7. The first-order valence-electron chi connectivity index (χ1n) is 13.3. The van der Waals surface area contributed by atoms with E-state index < -0.39 is 11.7 Å². The van der Waals surface area contributed by atoms with Gasteiger partial charge in [-0.05, 0) is 91.2 Å². The molecule has 0 bridgehead atoms. The number of imidazole rings is 1. The number of pyridine rings is 1. The van der Waals surface area contributed by atoms with Crippen molar-refractivity contribution < 1.29 is 18.0 Å². The molecule has 0 spiro atoms. The van der Waals surface area contributed by atoms with Crippen LogP contribution in [0, 0.1) is 11.8 Å². The number of hydrogen-bond acceptors (Lipinski definition) is 4. The van der Waals surface area contributed by atoms with Gasteiger partial charge in [0, 0.05) is 17.6 Å². The van der Waals surface area contributed by atoms with Crippen LogP contribution in [0.3, 0.4) is 0 Å². The summed E-state index contributed by atoms with van der Waals surface area (Å²) in [6.07, 6.45) is 0.618. The van der Waals surface area contributed by atoms with Gasteiger partial charge in [-0.2, -0.15) is 13.2 Å². The average Bonchev–Trinajstić information content (AvgIpc) is 3.34. The summed E-state index contributed by atoms with van der Waals surface area (Å²) in [6, 6.07) is 15.3. The molecule has 5 rings (SSSR count). The van der Waals surface area contributed by atoms with Crippen molar-refractivity contribution in [2.24, 2.45) is 11.8 Å². The van der Waals surface area contributed by atoms with Crippen molar-refractivity contribution in [1.29, 1.82) is 0 Å². The van der Waals surface area contributed by atoms with Gasteiger partial charge in [0.05, 0.1) is 12.0 Å². The first-order chi connectivity index (χ1) is 18.7. The summed E-state index contributed by atoms with van der Waals surface area (Å²) in [5.74, 6) is -0.326. The minimum atomic E-state index is -4.52. The highest BCUT2D eigenvalue weighted by Crippen LogP contribution is 2.44. The molecule has 1 aliphatic rings. The van der Waals surface area contributed by atoms with E-state index in [4.69, 9.17) is 0 Å². The molecule has 1 unspecified atom stereocenters. The third kappa shape index (κ3) is 5.98. The summed E-state index contributed by atoms with van der Waals surface area (Å²) in [6.45, 7) is 5.61. The lowest BCUT2D eigenvalue weighted by Gasteiger charge is -2.35. The van der Waals surface area contributed by atoms with Gasteiger partial charge in [0.1, 0.15) is 11.8 Å². The normalized spacial score (nSPS) is 15.5. The van der Waals surface area contributed by atoms with Gasteiger partial charge in [0.2, 0.25) is 5.91 Å². The van der Waals surface area contributed by atoms with Crippen molar-refractivity contribution in [3.63, 3.8) is 0 Å². The Morgan fingerprint density at radius 1 is 1.08 bits per heavy atom. The molecule has 0 radical (unpaired) electrons. The fourth-order valence-electron chi connectivity index (χ4n) is 5.73. The molecule has 1 aliphatic heterocycles. The molecule has 1 saturated heterocycles. The van der Waals surface area contributed by atoms with Crippen LogP contribution in [-0.4, -0.2) is 33.5 Å². The SMILES string of the molecule is CC(C)C(c1ccc(NC(=O)Cc2ccc(-n3cnc4cccnc43)cc2)cc1C(F)(F)F)C1CCNCC1. The lowest BCUT2D eigenvalue weighted by Crippen LogP contribution is -2.33. The molecule has 2 aromatic carbocycles. The van der Waals surface area contributed by atoms with Crippen LogP contribution in [0.4, 0.5) is 18.9 Å². The molecule has 0 aliphatic carbocycles. The third-order valence-electron chi connectivity index (χ3n) is 7.50. The summed E-state index contributed by atoms with van der Waals surface area (Å²) in [5, 5.41) is 5.97. The van der Waals surface area contributed by atoms with Crippen molar-refractivity contribution in [3.05, 3.63) is 83.8 Å². The summed E-state index contributed by atoms with van der Waals surface area (Å²) >= 11 is 0. The van der Waals surface area contributed by atoms with Gasteiger partial charge in [-0.1, -0.05) is 32.0 Å². The highest BCUT2D eigenvalue weighted by Gasteiger charge is 2.38. The largest absolute Gasteiger partial charge is 0.416 e. The van der Waals surface area contributed by atoms with Gasteiger partial charge >= 0.3 is 6.18 Å². The summed E-state index contributed by atoms with van der Waals surface area (Å²) in [4.78, 5) is 21.5. The molecular formula is C30H32F3N5O. The average molecular weight is 536 g/mol. The van der Waals surface area contributed by atoms with Gasteiger partial charge in [0.15, 0.2) is 5.65 Å². The number of benzene rings is 2. The molecule has 1 amide bonds. The van der Waals surface area contributed by atoms with Gasteiger partial charge in [0.25, 0.3) is 0 Å². The molecule has 3 heterocycles. The van der Waals surface area contributed by atoms with Gasteiger partial charge in [-0.25, -0.2) is 9.97 Å². The number of halogens is 3. The monoisotopic (exact) mass is 535 g/mol. The number of nitrogens with one attached hydrogen (secondary N) is 2. The van der Waals surface area contributed by atoms with Crippen molar-refractivity contribution in [3.8, 4) is 5.69 Å². The zero-order valence-electron chi connectivity index (χ0n) is 22.0. The molecule has 1 fully saturated rings. The van der Waals surface area contributed by atoms with E-state index in [2.05, 4.69) is 20.6 Å². The number of carbonyl (C=O) groups excluding carboxylic acids is 1. The standard InChI is InChI=1S/C30H32F3N5O/c1-19(2)28(21-11-14-34-15-12-21)24-10-7-22(17-25(24)30(31,32)33)37-27(39)16-20-5-8-23(9-6-20)38-18-36-26-4-3-13-35-29(26)38/h3-10,13,17-19,21,28,34H,11-12,14-16H2,1-2H3,(H,37,39). The first kappa shape index (κ1) is 26.9. The van der Waals surface area contributed by atoms with E-state index in [1.165, 1.54) is 0 Å². The van der Waals surface area contributed by atoms with Crippen LogP contribution in [0.15, 0.2) is 67.1 Å². The number of anilines is 1. The number of carbonyl (C=O) groups is 1.